The van der Waals surface area contributed by atoms with Gasteiger partial charge in [-0.15, -0.1) is 0 Å². The number of aromatic nitrogens is 1. The first-order valence-electron chi connectivity index (χ1n) is 14.2. The summed E-state index contributed by atoms with van der Waals surface area (Å²) in [5.41, 5.74) is 1.64. The fourth-order valence-electron chi connectivity index (χ4n) is 4.88. The van der Waals surface area contributed by atoms with E-state index < -0.39 is 47.4 Å². The van der Waals surface area contributed by atoms with E-state index in [1.807, 2.05) is 0 Å². The maximum absolute atomic E-state index is 14.7. The molecule has 2 heterocycles. The maximum Gasteiger partial charge on any atom is 0.424 e. The lowest BCUT2D eigenvalue weighted by atomic mass is 9.89. The monoisotopic (exact) mass is 634 g/mol. The van der Waals surface area contributed by atoms with Crippen LogP contribution in [0.5, 0.6) is 17.2 Å². The van der Waals surface area contributed by atoms with Gasteiger partial charge in [0.15, 0.2) is 11.5 Å². The summed E-state index contributed by atoms with van der Waals surface area (Å²) in [5, 5.41) is 26.2. The van der Waals surface area contributed by atoms with E-state index in [0.717, 1.165) is 31.0 Å². The quantitative estimate of drug-likeness (QED) is 0.198. The topological polar surface area (TPSA) is 148 Å². The van der Waals surface area contributed by atoms with Crippen LogP contribution < -0.4 is 30.6 Å². The average molecular weight is 635 g/mol. The molecular formula is C31H34F4N4O6. The zero-order valence-corrected chi connectivity index (χ0v) is 24.8. The lowest BCUT2D eigenvalue weighted by Crippen LogP contribution is -2.51. The van der Waals surface area contributed by atoms with Crippen LogP contribution in [0.4, 0.5) is 23.2 Å². The molecule has 5 rings (SSSR count). The number of aliphatic hydroxyl groups is 2. The standard InChI is InChI=1S/C31H34F4N4O6/c1-16(40)13-44-27-22(43-3)10-18(11-23(27)45-20-8-9-20)28(41)38-15-30(42,31(33,34)35)24-12-21-26(37-14-29(21,2)36)25(39-24)17-4-6-19(32)7-5-17/h4-7,10-12,16,20,37,40,42H,8-9,13-15,36H2,1-3H3,(H,38,41). The minimum Gasteiger partial charge on any atom is -0.493 e. The Bertz CT molecular complexity index is 1580. The Kier molecular flexibility index (Phi) is 8.59. The van der Waals surface area contributed by atoms with Gasteiger partial charge in [-0.05, 0) is 69.2 Å². The number of hydrogen-bond acceptors (Lipinski definition) is 9. The van der Waals surface area contributed by atoms with Crippen molar-refractivity contribution in [3.05, 3.63) is 65.1 Å². The lowest BCUT2D eigenvalue weighted by Gasteiger charge is -2.31. The second-order valence-corrected chi connectivity index (χ2v) is 11.6. The molecule has 242 valence electrons. The van der Waals surface area contributed by atoms with Crippen molar-refractivity contribution in [1.29, 1.82) is 0 Å². The predicted molar refractivity (Wildman–Crippen MR) is 156 cm³/mol. The molecule has 45 heavy (non-hydrogen) atoms. The highest BCUT2D eigenvalue weighted by Gasteiger charge is 2.57. The van der Waals surface area contributed by atoms with Gasteiger partial charge in [0, 0.05) is 23.2 Å². The van der Waals surface area contributed by atoms with Crippen molar-refractivity contribution in [2.45, 2.75) is 56.2 Å². The number of carbonyl (C=O) groups excluding carboxylic acids is 1. The summed E-state index contributed by atoms with van der Waals surface area (Å²) in [7, 11) is 1.31. The molecule has 0 radical (unpaired) electrons. The Morgan fingerprint density at radius 3 is 2.47 bits per heavy atom. The molecule has 3 unspecified atom stereocenters. The zero-order valence-electron chi connectivity index (χ0n) is 24.8. The molecule has 3 aromatic rings. The molecule has 1 aliphatic carbocycles. The van der Waals surface area contributed by atoms with Crippen LogP contribution in [0.1, 0.15) is 48.3 Å². The minimum absolute atomic E-state index is 0.0325. The minimum atomic E-state index is -5.30. The highest BCUT2D eigenvalue weighted by Crippen LogP contribution is 2.45. The Hall–Kier alpha value is -4.14. The van der Waals surface area contributed by atoms with E-state index in [4.69, 9.17) is 19.9 Å². The van der Waals surface area contributed by atoms with E-state index in [2.05, 4.69) is 15.6 Å². The third-order valence-electron chi connectivity index (χ3n) is 7.57. The zero-order chi connectivity index (χ0) is 32.7. The predicted octanol–water partition coefficient (Wildman–Crippen LogP) is 3.98. The maximum atomic E-state index is 14.7. The van der Waals surface area contributed by atoms with E-state index in [0.29, 0.717) is 11.3 Å². The number of hydrogen-bond donors (Lipinski definition) is 5. The lowest BCUT2D eigenvalue weighted by molar-refractivity contribution is -0.265. The van der Waals surface area contributed by atoms with Crippen LogP contribution in [0.3, 0.4) is 0 Å². The number of rotatable bonds is 11. The van der Waals surface area contributed by atoms with Crippen LogP contribution in [-0.4, -0.2) is 66.3 Å². The fraction of sp³-hybridized carbons (Fsp3) is 0.419. The van der Waals surface area contributed by atoms with Crippen molar-refractivity contribution in [1.82, 2.24) is 10.3 Å². The fourth-order valence-corrected chi connectivity index (χ4v) is 4.88. The van der Waals surface area contributed by atoms with E-state index >= 15 is 0 Å². The molecule has 1 fully saturated rings. The molecule has 0 spiro atoms. The van der Waals surface area contributed by atoms with Crippen LogP contribution in [0, 0.1) is 5.82 Å². The number of nitrogens with two attached hydrogens (primary N) is 1. The smallest absolute Gasteiger partial charge is 0.424 e. The molecule has 1 saturated carbocycles. The third-order valence-corrected chi connectivity index (χ3v) is 7.57. The summed E-state index contributed by atoms with van der Waals surface area (Å²) in [4.78, 5) is 17.5. The summed E-state index contributed by atoms with van der Waals surface area (Å²) in [6.45, 7) is 1.89. The van der Waals surface area contributed by atoms with Gasteiger partial charge < -0.3 is 40.8 Å². The van der Waals surface area contributed by atoms with Crippen LogP contribution in [0.15, 0.2) is 42.5 Å². The summed E-state index contributed by atoms with van der Waals surface area (Å²) < 4.78 is 74.6. The molecule has 6 N–H and O–H groups in total. The van der Waals surface area contributed by atoms with Gasteiger partial charge in [-0.25, -0.2) is 9.37 Å². The number of nitrogens with one attached hydrogen (secondary N) is 2. The summed E-state index contributed by atoms with van der Waals surface area (Å²) in [6, 6.07) is 8.61. The van der Waals surface area contributed by atoms with Gasteiger partial charge in [0.2, 0.25) is 11.4 Å². The van der Waals surface area contributed by atoms with E-state index in [-0.39, 0.29) is 53.3 Å². The average Bonchev–Trinajstić information content (AvgIpc) is 3.75. The molecule has 0 saturated heterocycles. The van der Waals surface area contributed by atoms with E-state index in [1.54, 1.807) is 6.92 Å². The normalized spacial score (nSPS) is 19.6. The largest absolute Gasteiger partial charge is 0.493 e. The highest BCUT2D eigenvalue weighted by molar-refractivity contribution is 5.95. The first kappa shape index (κ1) is 32.3. The number of alkyl halides is 3. The number of nitrogens with zero attached hydrogens (tertiary/aromatic N) is 1. The number of ether oxygens (including phenoxy) is 3. The van der Waals surface area contributed by atoms with Gasteiger partial charge in [-0.3, -0.25) is 4.79 Å². The molecule has 3 atom stereocenters. The number of pyridine rings is 1. The Labute approximate surface area is 256 Å². The number of fused-ring (bicyclic) bond motifs is 1. The van der Waals surface area contributed by atoms with Gasteiger partial charge in [0.05, 0.1) is 48.5 Å². The van der Waals surface area contributed by atoms with Gasteiger partial charge in [0.25, 0.3) is 5.91 Å². The van der Waals surface area contributed by atoms with Gasteiger partial charge in [0.1, 0.15) is 12.4 Å². The van der Waals surface area contributed by atoms with Crippen LogP contribution in [0.25, 0.3) is 11.3 Å². The van der Waals surface area contributed by atoms with Crippen LogP contribution in [-0.2, 0) is 11.1 Å². The van der Waals surface area contributed by atoms with Crippen molar-refractivity contribution >= 4 is 11.6 Å². The van der Waals surface area contributed by atoms with E-state index in [9.17, 15) is 32.6 Å². The molecule has 1 aliphatic heterocycles. The molecule has 0 bridgehead atoms. The Morgan fingerprint density at radius 1 is 1.20 bits per heavy atom. The summed E-state index contributed by atoms with van der Waals surface area (Å²) >= 11 is 0. The first-order chi connectivity index (χ1) is 21.1. The molecule has 2 aromatic carbocycles. The number of anilines is 1. The molecule has 2 aliphatic rings. The van der Waals surface area contributed by atoms with Crippen molar-refractivity contribution in [3.63, 3.8) is 0 Å². The second kappa shape index (κ2) is 12.0. The molecule has 14 heteroatoms. The van der Waals surface area contributed by atoms with Crippen molar-refractivity contribution in [3.8, 4) is 28.5 Å². The van der Waals surface area contributed by atoms with Crippen molar-refractivity contribution < 1.29 is 46.8 Å². The molecule has 1 aromatic heterocycles. The first-order valence-corrected chi connectivity index (χ1v) is 14.2. The van der Waals surface area contributed by atoms with Gasteiger partial charge in [-0.2, -0.15) is 13.2 Å². The van der Waals surface area contributed by atoms with Gasteiger partial charge >= 0.3 is 6.18 Å². The van der Waals surface area contributed by atoms with Gasteiger partial charge in [-0.1, -0.05) is 0 Å². The number of aliphatic hydroxyl groups excluding tert-OH is 1. The summed E-state index contributed by atoms with van der Waals surface area (Å²) in [5.74, 6) is -1.22. The van der Waals surface area contributed by atoms with E-state index in [1.165, 1.54) is 38.3 Å². The molecule has 1 amide bonds. The summed E-state index contributed by atoms with van der Waals surface area (Å²) in [6.07, 6.45) is -4.73. The molecular weight excluding hydrogens is 600 g/mol. The number of carbonyl (C=O) groups is 1. The highest BCUT2D eigenvalue weighted by atomic mass is 19.4. The SMILES string of the molecule is COc1cc(C(=O)NCC(O)(c2cc3c(c(-c4ccc(F)cc4)n2)NCC3(C)N)C(F)(F)F)cc(OC2CC2)c1OCC(C)O. The van der Waals surface area contributed by atoms with Crippen molar-refractivity contribution in [2.24, 2.45) is 5.73 Å². The van der Waals surface area contributed by atoms with Crippen LogP contribution in [0.2, 0.25) is 0 Å². The Balaban J connectivity index is 1.50. The second-order valence-electron chi connectivity index (χ2n) is 11.6. The number of halogens is 4. The Morgan fingerprint density at radius 2 is 1.87 bits per heavy atom. The van der Waals surface area contributed by atoms with Crippen LogP contribution >= 0.6 is 0 Å². The third kappa shape index (κ3) is 6.63. The molecule has 10 nitrogen and oxygen atoms in total. The number of benzene rings is 2. The number of methoxy groups -OCH3 is 1. The van der Waals surface area contributed by atoms with Crippen molar-refractivity contribution in [2.75, 3.05) is 32.1 Å². The number of amides is 1.